The number of nitro benzene ring substituents is 1. The van der Waals surface area contributed by atoms with Crippen molar-refractivity contribution in [3.05, 3.63) is 68.8 Å². The van der Waals surface area contributed by atoms with Crippen LogP contribution in [0.4, 0.5) is 5.69 Å². The van der Waals surface area contributed by atoms with Gasteiger partial charge in [0.05, 0.1) is 25.9 Å². The third kappa shape index (κ3) is 2.75. The molecule has 0 radical (unpaired) electrons. The lowest BCUT2D eigenvalue weighted by atomic mass is 10.2. The summed E-state index contributed by atoms with van der Waals surface area (Å²) in [6, 6.07) is 11.9. The van der Waals surface area contributed by atoms with Gasteiger partial charge in [-0.25, -0.2) is 0 Å². The molecule has 0 bridgehead atoms. The van der Waals surface area contributed by atoms with Gasteiger partial charge in [0.25, 0.3) is 5.69 Å². The molecule has 22 heavy (non-hydrogen) atoms. The molecule has 0 aliphatic rings. The van der Waals surface area contributed by atoms with Gasteiger partial charge in [0.15, 0.2) is 0 Å². The van der Waals surface area contributed by atoms with Crippen LogP contribution in [0.1, 0.15) is 0 Å². The Morgan fingerprint density at radius 1 is 1.05 bits per heavy atom. The summed E-state index contributed by atoms with van der Waals surface area (Å²) in [4.78, 5) is 16.5. The first kappa shape index (κ1) is 15.1. The van der Waals surface area contributed by atoms with Crippen LogP contribution in [0.25, 0.3) is 10.9 Å². The molecule has 0 saturated carbocycles. The molecule has 0 spiro atoms. The fourth-order valence-electron chi connectivity index (χ4n) is 2.05. The van der Waals surface area contributed by atoms with Crippen molar-refractivity contribution in [2.24, 2.45) is 0 Å². The van der Waals surface area contributed by atoms with E-state index in [1.54, 1.807) is 36.5 Å². The van der Waals surface area contributed by atoms with Crippen LogP contribution >= 0.6 is 35.0 Å². The number of non-ortho nitro benzene ring substituents is 1. The van der Waals surface area contributed by atoms with Crippen molar-refractivity contribution in [3.63, 3.8) is 0 Å². The highest BCUT2D eigenvalue weighted by Crippen LogP contribution is 2.40. The van der Waals surface area contributed by atoms with Gasteiger partial charge in [0, 0.05) is 22.1 Å². The average Bonchev–Trinajstić information content (AvgIpc) is 2.51. The Hall–Kier alpha value is -1.82. The van der Waals surface area contributed by atoms with Gasteiger partial charge < -0.3 is 0 Å². The van der Waals surface area contributed by atoms with E-state index in [1.807, 2.05) is 6.07 Å². The van der Waals surface area contributed by atoms with E-state index in [1.165, 1.54) is 17.8 Å². The van der Waals surface area contributed by atoms with Crippen molar-refractivity contribution in [2.75, 3.05) is 0 Å². The number of pyridine rings is 1. The van der Waals surface area contributed by atoms with E-state index < -0.39 is 4.92 Å². The Balaban J connectivity index is 2.14. The highest BCUT2D eigenvalue weighted by molar-refractivity contribution is 7.99. The molecule has 0 unspecified atom stereocenters. The maximum atomic E-state index is 11.1. The zero-order valence-electron chi connectivity index (χ0n) is 11.0. The van der Waals surface area contributed by atoms with Crippen molar-refractivity contribution in [1.29, 1.82) is 0 Å². The lowest BCUT2D eigenvalue weighted by Crippen LogP contribution is -1.92. The fraction of sp³-hybridized carbons (Fsp3) is 0. The highest BCUT2D eigenvalue weighted by Gasteiger charge is 2.16. The molecule has 0 aliphatic heterocycles. The molecule has 4 nitrogen and oxygen atoms in total. The van der Waals surface area contributed by atoms with Crippen LogP contribution in [0.15, 0.2) is 58.5 Å². The minimum Gasteiger partial charge on any atom is -0.258 e. The zero-order chi connectivity index (χ0) is 15.7. The Bertz CT molecular complexity index is 887. The van der Waals surface area contributed by atoms with E-state index in [4.69, 9.17) is 23.2 Å². The number of nitro groups is 1. The predicted molar refractivity (Wildman–Crippen MR) is 89.0 cm³/mol. The zero-order valence-corrected chi connectivity index (χ0v) is 13.3. The van der Waals surface area contributed by atoms with E-state index in [0.717, 1.165) is 9.79 Å². The lowest BCUT2D eigenvalue weighted by Gasteiger charge is -2.08. The summed E-state index contributed by atoms with van der Waals surface area (Å²) in [7, 11) is 0. The van der Waals surface area contributed by atoms with Crippen LogP contribution in [0.2, 0.25) is 10.0 Å². The minimum absolute atomic E-state index is 0.0321. The third-order valence-corrected chi connectivity index (χ3v) is 5.08. The molecule has 110 valence electrons. The summed E-state index contributed by atoms with van der Waals surface area (Å²) in [5, 5.41) is 12.5. The standard InChI is InChI=1S/C15H8Cl2N2O2S/c16-10-4-1-5-12(14(10)17)22-13-7-6-11(19(20)21)9-3-2-8-18-15(9)13/h1-8H. The SMILES string of the molecule is O=[N+]([O-])c1ccc(Sc2cccc(Cl)c2Cl)c2ncccc12. The molecule has 0 fully saturated rings. The van der Waals surface area contributed by atoms with Crippen molar-refractivity contribution in [2.45, 2.75) is 9.79 Å². The number of rotatable bonds is 3. The van der Waals surface area contributed by atoms with Crippen LogP contribution in [0.5, 0.6) is 0 Å². The van der Waals surface area contributed by atoms with Gasteiger partial charge in [0.1, 0.15) is 0 Å². The Kier molecular flexibility index (Phi) is 4.20. The van der Waals surface area contributed by atoms with E-state index in [-0.39, 0.29) is 5.69 Å². The lowest BCUT2D eigenvalue weighted by molar-refractivity contribution is -0.383. The molecule has 0 amide bonds. The Morgan fingerprint density at radius 3 is 2.64 bits per heavy atom. The summed E-state index contributed by atoms with van der Waals surface area (Å²) >= 11 is 13.6. The number of aromatic nitrogens is 1. The van der Waals surface area contributed by atoms with E-state index in [2.05, 4.69) is 4.98 Å². The van der Waals surface area contributed by atoms with Gasteiger partial charge >= 0.3 is 0 Å². The third-order valence-electron chi connectivity index (χ3n) is 3.04. The molecule has 7 heteroatoms. The van der Waals surface area contributed by atoms with E-state index >= 15 is 0 Å². The number of fused-ring (bicyclic) bond motifs is 1. The number of nitrogens with zero attached hydrogens (tertiary/aromatic N) is 2. The quantitative estimate of drug-likeness (QED) is 0.455. The van der Waals surface area contributed by atoms with Crippen molar-refractivity contribution < 1.29 is 4.92 Å². The summed E-state index contributed by atoms with van der Waals surface area (Å²) in [5.74, 6) is 0. The molecule has 1 heterocycles. The molecule has 0 N–H and O–H groups in total. The maximum absolute atomic E-state index is 11.1. The smallest absolute Gasteiger partial charge is 0.258 e. The molecule has 2 aromatic carbocycles. The Labute approximate surface area is 140 Å². The van der Waals surface area contributed by atoms with Gasteiger partial charge in [-0.2, -0.15) is 0 Å². The van der Waals surface area contributed by atoms with Crippen molar-refractivity contribution in [1.82, 2.24) is 4.98 Å². The first-order chi connectivity index (χ1) is 10.6. The summed E-state index contributed by atoms with van der Waals surface area (Å²) in [5.41, 5.74) is 0.599. The van der Waals surface area contributed by atoms with Crippen LogP contribution in [0, 0.1) is 10.1 Å². The first-order valence-electron chi connectivity index (χ1n) is 6.22. The average molecular weight is 351 g/mol. The van der Waals surface area contributed by atoms with Crippen molar-refractivity contribution in [3.8, 4) is 0 Å². The second kappa shape index (κ2) is 6.12. The fourth-order valence-corrected chi connectivity index (χ4v) is 3.51. The molecular weight excluding hydrogens is 343 g/mol. The second-order valence-electron chi connectivity index (χ2n) is 4.39. The summed E-state index contributed by atoms with van der Waals surface area (Å²) in [6.07, 6.45) is 1.61. The Morgan fingerprint density at radius 2 is 1.86 bits per heavy atom. The number of hydrogen-bond acceptors (Lipinski definition) is 4. The van der Waals surface area contributed by atoms with Gasteiger partial charge in [-0.05, 0) is 30.3 Å². The van der Waals surface area contributed by atoms with E-state index in [0.29, 0.717) is 20.9 Å². The molecule has 1 aromatic heterocycles. The molecule has 0 atom stereocenters. The van der Waals surface area contributed by atoms with Gasteiger partial charge in [-0.1, -0.05) is 41.0 Å². The number of hydrogen-bond donors (Lipinski definition) is 0. The molecule has 3 aromatic rings. The van der Waals surface area contributed by atoms with Crippen molar-refractivity contribution >= 4 is 51.6 Å². The summed E-state index contributed by atoms with van der Waals surface area (Å²) < 4.78 is 0. The molecule has 0 aliphatic carbocycles. The second-order valence-corrected chi connectivity index (χ2v) is 6.26. The largest absolute Gasteiger partial charge is 0.278 e. The van der Waals surface area contributed by atoms with Crippen LogP contribution in [0.3, 0.4) is 0 Å². The van der Waals surface area contributed by atoms with Crippen LogP contribution < -0.4 is 0 Å². The normalized spacial score (nSPS) is 10.8. The number of benzene rings is 2. The maximum Gasteiger partial charge on any atom is 0.278 e. The first-order valence-corrected chi connectivity index (χ1v) is 7.79. The monoisotopic (exact) mass is 350 g/mol. The van der Waals surface area contributed by atoms with E-state index in [9.17, 15) is 10.1 Å². The minimum atomic E-state index is -0.412. The molecule has 3 rings (SSSR count). The highest BCUT2D eigenvalue weighted by atomic mass is 35.5. The van der Waals surface area contributed by atoms with Crippen LogP contribution in [-0.4, -0.2) is 9.91 Å². The molecule has 0 saturated heterocycles. The summed E-state index contributed by atoms with van der Waals surface area (Å²) in [6.45, 7) is 0. The van der Waals surface area contributed by atoms with Gasteiger partial charge in [-0.15, -0.1) is 0 Å². The molecular formula is C15H8Cl2N2O2S. The van der Waals surface area contributed by atoms with Gasteiger partial charge in [0.2, 0.25) is 0 Å². The predicted octanol–water partition coefficient (Wildman–Crippen LogP) is 5.60. The van der Waals surface area contributed by atoms with Crippen LogP contribution in [-0.2, 0) is 0 Å². The topological polar surface area (TPSA) is 56.0 Å². The number of halogens is 2. The van der Waals surface area contributed by atoms with Gasteiger partial charge in [-0.3, -0.25) is 15.1 Å².